The van der Waals surface area contributed by atoms with Crippen LogP contribution in [0.4, 0.5) is 17.3 Å². The van der Waals surface area contributed by atoms with E-state index in [4.69, 9.17) is 15.9 Å². The molecule has 27 heavy (non-hydrogen) atoms. The fourth-order valence-electron chi connectivity index (χ4n) is 3.80. The van der Waals surface area contributed by atoms with Crippen LogP contribution in [-0.2, 0) is 4.74 Å². The van der Waals surface area contributed by atoms with E-state index in [2.05, 4.69) is 26.7 Å². The van der Waals surface area contributed by atoms with Gasteiger partial charge in [-0.3, -0.25) is 5.41 Å². The summed E-state index contributed by atoms with van der Waals surface area (Å²) in [4.78, 5) is 13.5. The molecule has 7 heteroatoms. The highest BCUT2D eigenvalue weighted by atomic mass is 16.5. The molecule has 4 heterocycles. The summed E-state index contributed by atoms with van der Waals surface area (Å²) in [5, 5.41) is 8.74. The third-order valence-corrected chi connectivity index (χ3v) is 5.41. The van der Waals surface area contributed by atoms with E-state index in [1.54, 1.807) is 12.4 Å². The lowest BCUT2D eigenvalue weighted by molar-refractivity contribution is 0.122. The third-order valence-electron chi connectivity index (χ3n) is 5.41. The zero-order valence-corrected chi connectivity index (χ0v) is 15.7. The fourth-order valence-corrected chi connectivity index (χ4v) is 3.80. The topological polar surface area (TPSA) is 91.4 Å². The van der Waals surface area contributed by atoms with Crippen LogP contribution in [0.25, 0.3) is 0 Å². The molecular weight excluding hydrogens is 340 g/mol. The van der Waals surface area contributed by atoms with Gasteiger partial charge in [0, 0.05) is 43.0 Å². The highest BCUT2D eigenvalue weighted by Crippen LogP contribution is 2.27. The van der Waals surface area contributed by atoms with Gasteiger partial charge in [-0.1, -0.05) is 0 Å². The Balaban J connectivity index is 1.62. The summed E-state index contributed by atoms with van der Waals surface area (Å²) < 4.78 is 5.41. The van der Waals surface area contributed by atoms with Crippen LogP contribution in [0, 0.1) is 5.41 Å². The number of ether oxygens (including phenoxy) is 1. The minimum absolute atomic E-state index is 0.403. The van der Waals surface area contributed by atoms with Crippen molar-refractivity contribution < 1.29 is 4.74 Å². The number of rotatable bonds is 4. The maximum absolute atomic E-state index is 8.74. The van der Waals surface area contributed by atoms with Gasteiger partial charge in [0.1, 0.15) is 11.6 Å². The van der Waals surface area contributed by atoms with E-state index in [1.807, 2.05) is 18.2 Å². The largest absolute Gasteiger partial charge is 0.397 e. The molecule has 2 aromatic rings. The van der Waals surface area contributed by atoms with Crippen molar-refractivity contribution in [3.8, 4) is 0 Å². The molecule has 0 saturated carbocycles. The molecule has 142 valence electrons. The van der Waals surface area contributed by atoms with E-state index in [-0.39, 0.29) is 0 Å². The van der Waals surface area contributed by atoms with E-state index >= 15 is 0 Å². The predicted octanol–water partition coefficient (Wildman–Crippen LogP) is 2.30. The normalized spacial score (nSPS) is 20.1. The van der Waals surface area contributed by atoms with Crippen molar-refractivity contribution in [3.05, 3.63) is 41.7 Å². The zero-order valence-electron chi connectivity index (χ0n) is 15.7. The van der Waals surface area contributed by atoms with Crippen molar-refractivity contribution >= 4 is 23.0 Å². The van der Waals surface area contributed by atoms with E-state index in [1.165, 1.54) is 12.8 Å². The SMILES string of the molecule is CC1CCCN1c1cc(C(=N)c2ccnc(N3CCOCC3)c2)c(N)cn1. The minimum atomic E-state index is 0.403. The van der Waals surface area contributed by atoms with E-state index in [0.29, 0.717) is 30.7 Å². The molecule has 2 aliphatic rings. The monoisotopic (exact) mass is 366 g/mol. The number of nitrogen functional groups attached to an aromatic ring is 1. The number of anilines is 3. The number of nitrogens with two attached hydrogens (primary N) is 1. The van der Waals surface area contributed by atoms with Crippen molar-refractivity contribution in [3.63, 3.8) is 0 Å². The minimum Gasteiger partial charge on any atom is -0.397 e. The van der Waals surface area contributed by atoms with Gasteiger partial charge in [0.05, 0.1) is 30.8 Å². The molecule has 0 spiro atoms. The van der Waals surface area contributed by atoms with Crippen LogP contribution < -0.4 is 15.5 Å². The first-order chi connectivity index (χ1) is 13.1. The van der Waals surface area contributed by atoms with Gasteiger partial charge in [-0.25, -0.2) is 9.97 Å². The van der Waals surface area contributed by atoms with Gasteiger partial charge in [0.15, 0.2) is 0 Å². The highest BCUT2D eigenvalue weighted by Gasteiger charge is 2.23. The van der Waals surface area contributed by atoms with Crippen molar-refractivity contribution in [2.75, 3.05) is 48.4 Å². The number of aromatic nitrogens is 2. The Labute approximate surface area is 159 Å². The molecule has 2 saturated heterocycles. The number of hydrogen-bond acceptors (Lipinski definition) is 7. The second-order valence-corrected chi connectivity index (χ2v) is 7.19. The first-order valence-corrected chi connectivity index (χ1v) is 9.53. The van der Waals surface area contributed by atoms with Crippen molar-refractivity contribution in [2.45, 2.75) is 25.8 Å². The summed E-state index contributed by atoms with van der Waals surface area (Å²) in [5.41, 5.74) is 8.64. The molecule has 2 aromatic heterocycles. The van der Waals surface area contributed by atoms with Gasteiger partial charge in [-0.05, 0) is 38.0 Å². The predicted molar refractivity (Wildman–Crippen MR) is 108 cm³/mol. The maximum atomic E-state index is 8.74. The average molecular weight is 366 g/mol. The molecule has 0 bridgehead atoms. The van der Waals surface area contributed by atoms with E-state index in [0.717, 1.165) is 42.4 Å². The summed E-state index contributed by atoms with van der Waals surface area (Å²) in [6.07, 6.45) is 5.78. The smallest absolute Gasteiger partial charge is 0.129 e. The second kappa shape index (κ2) is 7.52. The van der Waals surface area contributed by atoms with Gasteiger partial charge >= 0.3 is 0 Å². The summed E-state index contributed by atoms with van der Waals surface area (Å²) >= 11 is 0. The number of pyridine rings is 2. The summed E-state index contributed by atoms with van der Waals surface area (Å²) in [6.45, 7) is 6.27. The lowest BCUT2D eigenvalue weighted by Gasteiger charge is -2.28. The van der Waals surface area contributed by atoms with Crippen LogP contribution in [0.2, 0.25) is 0 Å². The third kappa shape index (κ3) is 3.60. The van der Waals surface area contributed by atoms with Crippen molar-refractivity contribution in [1.82, 2.24) is 9.97 Å². The first kappa shape index (κ1) is 17.7. The Morgan fingerprint density at radius 3 is 2.74 bits per heavy atom. The van der Waals surface area contributed by atoms with E-state index < -0.39 is 0 Å². The van der Waals surface area contributed by atoms with Gasteiger partial charge in [0.2, 0.25) is 0 Å². The Hall–Kier alpha value is -2.67. The molecule has 0 aliphatic carbocycles. The summed E-state index contributed by atoms with van der Waals surface area (Å²) in [6, 6.07) is 6.25. The average Bonchev–Trinajstić information content (AvgIpc) is 3.14. The molecule has 1 unspecified atom stereocenters. The molecule has 7 nitrogen and oxygen atoms in total. The van der Waals surface area contributed by atoms with Crippen LogP contribution in [0.1, 0.15) is 30.9 Å². The molecule has 2 fully saturated rings. The molecule has 0 amide bonds. The first-order valence-electron chi connectivity index (χ1n) is 9.53. The highest BCUT2D eigenvalue weighted by molar-refractivity contribution is 6.14. The number of morpholine rings is 1. The van der Waals surface area contributed by atoms with Crippen LogP contribution in [0.5, 0.6) is 0 Å². The molecule has 4 rings (SSSR count). The van der Waals surface area contributed by atoms with Crippen LogP contribution in [-0.4, -0.2) is 54.6 Å². The number of nitrogens with one attached hydrogen (secondary N) is 1. The molecule has 2 aliphatic heterocycles. The second-order valence-electron chi connectivity index (χ2n) is 7.19. The lowest BCUT2D eigenvalue weighted by Crippen LogP contribution is -2.36. The quantitative estimate of drug-likeness (QED) is 0.807. The van der Waals surface area contributed by atoms with Gasteiger partial charge in [0.25, 0.3) is 0 Å². The van der Waals surface area contributed by atoms with Crippen molar-refractivity contribution in [1.29, 1.82) is 5.41 Å². The van der Waals surface area contributed by atoms with Gasteiger partial charge in [-0.2, -0.15) is 0 Å². The van der Waals surface area contributed by atoms with E-state index in [9.17, 15) is 0 Å². The Morgan fingerprint density at radius 1 is 1.19 bits per heavy atom. The summed E-state index contributed by atoms with van der Waals surface area (Å²) in [7, 11) is 0. The molecule has 1 atom stereocenters. The molecule has 0 radical (unpaired) electrons. The Bertz CT molecular complexity index is 833. The van der Waals surface area contributed by atoms with Crippen LogP contribution in [0.15, 0.2) is 30.6 Å². The molecular formula is C20H26N6O. The Kier molecular flexibility index (Phi) is 4.94. The van der Waals surface area contributed by atoms with Crippen LogP contribution in [0.3, 0.4) is 0 Å². The maximum Gasteiger partial charge on any atom is 0.129 e. The lowest BCUT2D eigenvalue weighted by atomic mass is 10.0. The van der Waals surface area contributed by atoms with Crippen LogP contribution >= 0.6 is 0 Å². The number of hydrogen-bond donors (Lipinski definition) is 2. The van der Waals surface area contributed by atoms with Gasteiger partial charge < -0.3 is 20.3 Å². The molecule has 0 aromatic carbocycles. The summed E-state index contributed by atoms with van der Waals surface area (Å²) in [5.74, 6) is 1.78. The number of nitrogens with zero attached hydrogens (tertiary/aromatic N) is 4. The standard InChI is InChI=1S/C20H26N6O/c1-14-3-2-6-26(14)19-12-16(17(21)13-24-19)20(22)15-4-5-23-18(11-15)25-7-9-27-10-8-25/h4-5,11-14,22H,2-3,6-10,21H2,1H3. The fraction of sp³-hybridized carbons (Fsp3) is 0.450. The zero-order chi connectivity index (χ0) is 18.8. The van der Waals surface area contributed by atoms with Crippen molar-refractivity contribution in [2.24, 2.45) is 0 Å². The molecule has 3 N–H and O–H groups in total. The van der Waals surface area contributed by atoms with Gasteiger partial charge in [-0.15, -0.1) is 0 Å². The Morgan fingerprint density at radius 2 is 2.00 bits per heavy atom.